The number of amides is 2. The molecule has 4 aromatic rings. The molecule has 0 bridgehead atoms. The van der Waals surface area contributed by atoms with Crippen LogP contribution in [0.2, 0.25) is 0 Å². The Hall–Kier alpha value is -4.77. The van der Waals surface area contributed by atoms with Crippen molar-refractivity contribution in [1.29, 1.82) is 0 Å². The quantitative estimate of drug-likeness (QED) is 0.170. The van der Waals surface area contributed by atoms with Gasteiger partial charge in [0.2, 0.25) is 11.8 Å². The number of halogens is 2. The number of benzene rings is 4. The highest BCUT2D eigenvalue weighted by molar-refractivity contribution is 7.92. The van der Waals surface area contributed by atoms with E-state index in [0.717, 1.165) is 59.8 Å². The second kappa shape index (κ2) is 15.9. The summed E-state index contributed by atoms with van der Waals surface area (Å²) in [5.41, 5.74) is 1.10. The maximum absolute atomic E-state index is 15.1. The first kappa shape index (κ1) is 34.6. The molecule has 8 nitrogen and oxygen atoms in total. The van der Waals surface area contributed by atoms with Crippen LogP contribution in [0.1, 0.15) is 43.7 Å². The van der Waals surface area contributed by atoms with Gasteiger partial charge in [0.15, 0.2) is 0 Å². The summed E-state index contributed by atoms with van der Waals surface area (Å²) >= 11 is 0. The van der Waals surface area contributed by atoms with E-state index in [2.05, 4.69) is 5.32 Å². The Labute approximate surface area is 280 Å². The Morgan fingerprint density at radius 1 is 0.875 bits per heavy atom. The predicted molar refractivity (Wildman–Crippen MR) is 180 cm³/mol. The summed E-state index contributed by atoms with van der Waals surface area (Å²) in [6.45, 7) is 1.21. The molecule has 252 valence electrons. The fourth-order valence-corrected chi connectivity index (χ4v) is 7.28. The normalized spacial score (nSPS) is 13.9. The van der Waals surface area contributed by atoms with Gasteiger partial charge in [0.1, 0.15) is 30.0 Å². The molecule has 0 spiro atoms. The van der Waals surface area contributed by atoms with Gasteiger partial charge in [0.25, 0.3) is 10.0 Å². The number of ether oxygens (including phenoxy) is 1. The van der Waals surface area contributed by atoms with Crippen molar-refractivity contribution in [2.45, 2.75) is 62.6 Å². The summed E-state index contributed by atoms with van der Waals surface area (Å²) in [5, 5.41) is 3.09. The summed E-state index contributed by atoms with van der Waals surface area (Å²) in [6.07, 6.45) is 3.70. The van der Waals surface area contributed by atoms with Gasteiger partial charge in [-0.15, -0.1) is 0 Å². The van der Waals surface area contributed by atoms with Crippen LogP contribution in [-0.4, -0.2) is 50.4 Å². The fraction of sp³-hybridized carbons (Fsp3) is 0.297. The molecule has 1 aliphatic carbocycles. The molecule has 1 unspecified atom stereocenters. The second-order valence-electron chi connectivity index (χ2n) is 11.7. The molecule has 4 aromatic carbocycles. The summed E-state index contributed by atoms with van der Waals surface area (Å²) < 4.78 is 63.6. The van der Waals surface area contributed by atoms with Crippen molar-refractivity contribution in [2.75, 3.05) is 17.5 Å². The Kier molecular flexibility index (Phi) is 11.4. The third kappa shape index (κ3) is 8.57. The smallest absolute Gasteiger partial charge is 0.264 e. The number of nitrogens with zero attached hydrogens (tertiary/aromatic N) is 2. The lowest BCUT2D eigenvalue weighted by Crippen LogP contribution is -2.54. The van der Waals surface area contributed by atoms with Crippen LogP contribution in [0.4, 0.5) is 14.5 Å². The molecule has 0 radical (unpaired) electrons. The number of anilines is 1. The average Bonchev–Trinajstić information content (AvgIpc) is 3.60. The lowest BCUT2D eigenvalue weighted by molar-refractivity contribution is -0.140. The first-order chi connectivity index (χ1) is 23.2. The van der Waals surface area contributed by atoms with Crippen molar-refractivity contribution in [3.63, 3.8) is 0 Å². The van der Waals surface area contributed by atoms with Gasteiger partial charge in [-0.2, -0.15) is 0 Å². The van der Waals surface area contributed by atoms with E-state index in [1.165, 1.54) is 35.2 Å². The zero-order chi connectivity index (χ0) is 34.1. The van der Waals surface area contributed by atoms with Crippen molar-refractivity contribution >= 4 is 27.5 Å². The predicted octanol–water partition coefficient (Wildman–Crippen LogP) is 6.26. The maximum Gasteiger partial charge on any atom is 0.264 e. The highest BCUT2D eigenvalue weighted by Crippen LogP contribution is 2.28. The van der Waals surface area contributed by atoms with E-state index in [1.54, 1.807) is 18.2 Å². The van der Waals surface area contributed by atoms with Gasteiger partial charge in [-0.1, -0.05) is 61.4 Å². The van der Waals surface area contributed by atoms with E-state index in [4.69, 9.17) is 4.74 Å². The van der Waals surface area contributed by atoms with Gasteiger partial charge in [-0.3, -0.25) is 13.9 Å². The number of carbonyl (C=O) groups excluding carboxylic acids is 2. The molecular weight excluding hydrogens is 636 g/mol. The van der Waals surface area contributed by atoms with Crippen LogP contribution in [0.5, 0.6) is 5.75 Å². The highest BCUT2D eigenvalue weighted by atomic mass is 32.2. The van der Waals surface area contributed by atoms with E-state index in [-0.39, 0.29) is 35.2 Å². The van der Waals surface area contributed by atoms with Gasteiger partial charge in [-0.05, 0) is 79.9 Å². The third-order valence-corrected chi connectivity index (χ3v) is 10.2. The zero-order valence-electron chi connectivity index (χ0n) is 26.7. The average molecular weight is 676 g/mol. The summed E-state index contributed by atoms with van der Waals surface area (Å²) in [7, 11) is -4.43. The third-order valence-electron chi connectivity index (χ3n) is 8.39. The van der Waals surface area contributed by atoms with E-state index in [0.29, 0.717) is 12.4 Å². The molecule has 5 rings (SSSR count). The molecule has 48 heavy (non-hydrogen) atoms. The monoisotopic (exact) mass is 675 g/mol. The molecule has 1 atom stereocenters. The van der Waals surface area contributed by atoms with Crippen molar-refractivity contribution in [2.24, 2.45) is 0 Å². The summed E-state index contributed by atoms with van der Waals surface area (Å²) in [5.74, 6) is -1.80. The summed E-state index contributed by atoms with van der Waals surface area (Å²) in [4.78, 5) is 29.6. The standard InChI is InChI=1S/C37H39F2N3O5S/c1-2-47-32-20-18-31(19-21-32)42(48(45,46)33-22-16-29(38)17-23-33)26-36(43)41(25-28-12-6-9-15-34(28)39)35(24-27-10-4-3-5-11-27)37(44)40-30-13-7-8-14-30/h3-6,9-12,15-23,30,35H,2,7-8,13-14,24-26H2,1H3,(H,40,44). The molecule has 1 fully saturated rings. The van der Waals surface area contributed by atoms with Crippen LogP contribution in [0.15, 0.2) is 108 Å². The lowest BCUT2D eigenvalue weighted by atomic mass is 10.0. The molecular formula is C37H39F2N3O5S. The zero-order valence-corrected chi connectivity index (χ0v) is 27.5. The maximum atomic E-state index is 15.1. The molecule has 1 aliphatic rings. The van der Waals surface area contributed by atoms with Gasteiger partial charge < -0.3 is 15.0 Å². The lowest BCUT2D eigenvalue weighted by Gasteiger charge is -2.34. The molecule has 11 heteroatoms. The van der Waals surface area contributed by atoms with Crippen LogP contribution < -0.4 is 14.4 Å². The molecule has 0 aliphatic heterocycles. The van der Waals surface area contributed by atoms with Gasteiger partial charge in [0.05, 0.1) is 17.2 Å². The van der Waals surface area contributed by atoms with Crippen LogP contribution in [0.25, 0.3) is 0 Å². The second-order valence-corrected chi connectivity index (χ2v) is 13.6. The highest BCUT2D eigenvalue weighted by Gasteiger charge is 2.36. The number of carbonyl (C=O) groups is 2. The molecule has 0 heterocycles. The number of sulfonamides is 1. The molecule has 0 aromatic heterocycles. The largest absolute Gasteiger partial charge is 0.494 e. The van der Waals surface area contributed by atoms with Crippen molar-refractivity contribution < 1.29 is 31.5 Å². The van der Waals surface area contributed by atoms with E-state index in [9.17, 15) is 22.4 Å². The molecule has 1 N–H and O–H groups in total. The minimum atomic E-state index is -4.43. The van der Waals surface area contributed by atoms with Gasteiger partial charge >= 0.3 is 0 Å². The van der Waals surface area contributed by atoms with Crippen LogP contribution >= 0.6 is 0 Å². The topological polar surface area (TPSA) is 96.0 Å². The minimum absolute atomic E-state index is 0.0552. The Balaban J connectivity index is 1.57. The van der Waals surface area contributed by atoms with Crippen LogP contribution in [0, 0.1) is 11.6 Å². The molecule has 1 saturated carbocycles. The Bertz CT molecular complexity index is 1780. The van der Waals surface area contributed by atoms with Gasteiger partial charge in [0, 0.05) is 24.6 Å². The molecule has 2 amide bonds. The minimum Gasteiger partial charge on any atom is -0.494 e. The van der Waals surface area contributed by atoms with Crippen LogP contribution in [-0.2, 0) is 32.6 Å². The first-order valence-electron chi connectivity index (χ1n) is 16.0. The van der Waals surface area contributed by atoms with E-state index >= 15 is 4.39 Å². The molecule has 0 saturated heterocycles. The Morgan fingerprint density at radius 3 is 2.17 bits per heavy atom. The van der Waals surface area contributed by atoms with Crippen molar-refractivity contribution in [1.82, 2.24) is 10.2 Å². The van der Waals surface area contributed by atoms with E-state index < -0.39 is 46.1 Å². The number of hydrogen-bond donors (Lipinski definition) is 1. The van der Waals surface area contributed by atoms with Gasteiger partial charge in [-0.25, -0.2) is 17.2 Å². The summed E-state index contributed by atoms with van der Waals surface area (Å²) in [6, 6.07) is 24.5. The fourth-order valence-electron chi connectivity index (χ4n) is 5.87. The SMILES string of the molecule is CCOc1ccc(N(CC(=O)N(Cc2ccccc2F)C(Cc2ccccc2)C(=O)NC2CCCC2)S(=O)(=O)c2ccc(F)cc2)cc1. The van der Waals surface area contributed by atoms with E-state index in [1.807, 2.05) is 37.3 Å². The number of hydrogen-bond acceptors (Lipinski definition) is 5. The van der Waals surface area contributed by atoms with Crippen molar-refractivity contribution in [3.05, 3.63) is 126 Å². The first-order valence-corrected chi connectivity index (χ1v) is 17.5. The Morgan fingerprint density at radius 2 is 1.52 bits per heavy atom. The van der Waals surface area contributed by atoms with Crippen molar-refractivity contribution in [3.8, 4) is 5.75 Å². The number of rotatable bonds is 14. The number of nitrogens with one attached hydrogen (secondary N) is 1. The van der Waals surface area contributed by atoms with Crippen LogP contribution in [0.3, 0.4) is 0 Å².